The molecule has 0 fully saturated rings. The number of aromatic hydroxyl groups is 2. The summed E-state index contributed by atoms with van der Waals surface area (Å²) < 4.78 is 0. The Morgan fingerprint density at radius 3 is 2.21 bits per heavy atom. The molecule has 0 aliphatic heterocycles. The van der Waals surface area contributed by atoms with Crippen LogP contribution in [0.2, 0.25) is 5.02 Å². The number of aryl methyl sites for hydroxylation is 1. The number of phenols is 2. The Morgan fingerprint density at radius 1 is 1.29 bits per heavy atom. The highest BCUT2D eigenvalue weighted by Gasteiger charge is 2.25. The van der Waals surface area contributed by atoms with Crippen LogP contribution in [-0.2, 0) is 5.60 Å². The molecule has 0 spiro atoms. The van der Waals surface area contributed by atoms with Crippen LogP contribution in [0, 0.1) is 6.92 Å². The average molecular weight is 217 g/mol. The largest absolute Gasteiger partial charge is 0.504 e. The third-order valence-corrected chi connectivity index (χ3v) is 2.40. The number of phenolic OH excluding ortho intramolecular Hbond substituents is 2. The van der Waals surface area contributed by atoms with Gasteiger partial charge in [-0.3, -0.25) is 0 Å². The van der Waals surface area contributed by atoms with Gasteiger partial charge in [0.25, 0.3) is 0 Å². The lowest BCUT2D eigenvalue weighted by molar-refractivity contribution is 0.0777. The van der Waals surface area contributed by atoms with Crippen LogP contribution >= 0.6 is 11.6 Å². The molecule has 1 aromatic rings. The summed E-state index contributed by atoms with van der Waals surface area (Å²) in [6.45, 7) is 4.84. The van der Waals surface area contributed by atoms with Crippen molar-refractivity contribution in [2.24, 2.45) is 0 Å². The fourth-order valence-electron chi connectivity index (χ4n) is 1.50. The summed E-state index contributed by atoms with van der Waals surface area (Å²) >= 11 is 5.82. The molecule has 4 heteroatoms. The molecule has 1 rings (SSSR count). The fourth-order valence-corrected chi connectivity index (χ4v) is 1.98. The van der Waals surface area contributed by atoms with E-state index in [1.54, 1.807) is 20.8 Å². The van der Waals surface area contributed by atoms with Crippen LogP contribution in [-0.4, -0.2) is 15.3 Å². The van der Waals surface area contributed by atoms with Crippen molar-refractivity contribution in [1.29, 1.82) is 0 Å². The SMILES string of the molecule is Cc1cc(O)c(O)c(Cl)c1C(C)(C)O. The zero-order valence-corrected chi connectivity index (χ0v) is 9.05. The van der Waals surface area contributed by atoms with Gasteiger partial charge >= 0.3 is 0 Å². The number of hydrogen-bond acceptors (Lipinski definition) is 3. The standard InChI is InChI=1S/C10H13ClO3/c1-5-4-6(12)9(13)8(11)7(5)10(2,3)14/h4,12-14H,1-3H3. The summed E-state index contributed by atoms with van der Waals surface area (Å²) in [6.07, 6.45) is 0. The van der Waals surface area contributed by atoms with E-state index in [1.165, 1.54) is 6.07 Å². The molecular weight excluding hydrogens is 204 g/mol. The molecule has 0 amide bonds. The second-order valence-corrected chi connectivity index (χ2v) is 4.19. The van der Waals surface area contributed by atoms with E-state index in [2.05, 4.69) is 0 Å². The van der Waals surface area contributed by atoms with Crippen LogP contribution < -0.4 is 0 Å². The normalized spacial score (nSPS) is 11.8. The van der Waals surface area contributed by atoms with E-state index in [9.17, 15) is 15.3 Å². The first kappa shape index (κ1) is 11.1. The zero-order chi connectivity index (χ0) is 11.1. The number of aliphatic hydroxyl groups is 1. The van der Waals surface area contributed by atoms with Gasteiger partial charge < -0.3 is 15.3 Å². The molecule has 0 saturated carbocycles. The third-order valence-electron chi connectivity index (χ3n) is 2.03. The number of halogens is 1. The molecule has 0 unspecified atom stereocenters. The molecule has 0 heterocycles. The highest BCUT2D eigenvalue weighted by molar-refractivity contribution is 6.33. The zero-order valence-electron chi connectivity index (χ0n) is 8.30. The van der Waals surface area contributed by atoms with Crippen LogP contribution in [0.1, 0.15) is 25.0 Å². The summed E-state index contributed by atoms with van der Waals surface area (Å²) in [5.74, 6) is -0.671. The molecule has 0 aliphatic rings. The maximum Gasteiger partial charge on any atom is 0.176 e. The molecule has 0 bridgehead atoms. The highest BCUT2D eigenvalue weighted by Crippen LogP contribution is 2.41. The van der Waals surface area contributed by atoms with Gasteiger partial charge in [0.15, 0.2) is 11.5 Å². The maximum atomic E-state index is 9.79. The summed E-state index contributed by atoms with van der Waals surface area (Å²) in [4.78, 5) is 0. The van der Waals surface area contributed by atoms with Gasteiger partial charge in [-0.05, 0) is 32.4 Å². The number of hydrogen-bond donors (Lipinski definition) is 3. The molecule has 0 atom stereocenters. The van der Waals surface area contributed by atoms with Crippen LogP contribution in [0.3, 0.4) is 0 Å². The van der Waals surface area contributed by atoms with E-state index in [4.69, 9.17) is 11.6 Å². The maximum absolute atomic E-state index is 9.79. The minimum atomic E-state index is -1.15. The lowest BCUT2D eigenvalue weighted by atomic mass is 9.93. The van der Waals surface area contributed by atoms with E-state index in [0.29, 0.717) is 11.1 Å². The van der Waals surface area contributed by atoms with Crippen molar-refractivity contribution in [3.63, 3.8) is 0 Å². The molecule has 3 N–H and O–H groups in total. The highest BCUT2D eigenvalue weighted by atomic mass is 35.5. The topological polar surface area (TPSA) is 60.7 Å². The summed E-state index contributed by atoms with van der Waals surface area (Å²) in [6, 6.07) is 1.37. The van der Waals surface area contributed by atoms with Gasteiger partial charge in [0.1, 0.15) is 0 Å². The van der Waals surface area contributed by atoms with Gasteiger partial charge in [-0.1, -0.05) is 11.6 Å². The van der Waals surface area contributed by atoms with E-state index in [0.717, 1.165) is 0 Å². The van der Waals surface area contributed by atoms with Crippen LogP contribution in [0.25, 0.3) is 0 Å². The first-order valence-corrected chi connectivity index (χ1v) is 4.57. The summed E-state index contributed by atoms with van der Waals surface area (Å²) in [5, 5.41) is 28.4. The first-order valence-electron chi connectivity index (χ1n) is 4.19. The van der Waals surface area contributed by atoms with E-state index in [-0.39, 0.29) is 10.8 Å². The van der Waals surface area contributed by atoms with Gasteiger partial charge in [-0.25, -0.2) is 0 Å². The molecule has 0 aliphatic carbocycles. The van der Waals surface area contributed by atoms with Gasteiger partial charge in [-0.2, -0.15) is 0 Å². The molecule has 78 valence electrons. The fraction of sp³-hybridized carbons (Fsp3) is 0.400. The van der Waals surface area contributed by atoms with Crippen LogP contribution in [0.4, 0.5) is 0 Å². The van der Waals surface area contributed by atoms with Crippen LogP contribution in [0.15, 0.2) is 6.07 Å². The monoisotopic (exact) mass is 216 g/mol. The second-order valence-electron chi connectivity index (χ2n) is 3.81. The number of benzene rings is 1. The molecule has 1 aromatic carbocycles. The predicted molar refractivity (Wildman–Crippen MR) is 54.8 cm³/mol. The first-order chi connectivity index (χ1) is 6.25. The average Bonchev–Trinajstić information content (AvgIpc) is 1.97. The molecule has 0 radical (unpaired) electrons. The molecule has 0 aromatic heterocycles. The number of rotatable bonds is 1. The lowest BCUT2D eigenvalue weighted by Crippen LogP contribution is -2.17. The Labute approximate surface area is 87.6 Å². The molecule has 14 heavy (non-hydrogen) atoms. The van der Waals surface area contributed by atoms with Crippen molar-refractivity contribution in [2.45, 2.75) is 26.4 Å². The Kier molecular flexibility index (Phi) is 2.65. The Morgan fingerprint density at radius 2 is 1.79 bits per heavy atom. The van der Waals surface area contributed by atoms with E-state index < -0.39 is 11.4 Å². The molecule has 0 saturated heterocycles. The minimum Gasteiger partial charge on any atom is -0.504 e. The van der Waals surface area contributed by atoms with Gasteiger partial charge in [0.05, 0.1) is 10.6 Å². The second kappa shape index (κ2) is 3.33. The summed E-state index contributed by atoms with van der Waals surface area (Å²) in [5.41, 5.74) is -0.0842. The van der Waals surface area contributed by atoms with Crippen molar-refractivity contribution in [2.75, 3.05) is 0 Å². The van der Waals surface area contributed by atoms with E-state index >= 15 is 0 Å². The van der Waals surface area contributed by atoms with Crippen molar-refractivity contribution < 1.29 is 15.3 Å². The minimum absolute atomic E-state index is 0.00463. The van der Waals surface area contributed by atoms with Crippen molar-refractivity contribution >= 4 is 11.6 Å². The van der Waals surface area contributed by atoms with Crippen molar-refractivity contribution in [1.82, 2.24) is 0 Å². The van der Waals surface area contributed by atoms with E-state index in [1.807, 2.05) is 0 Å². The smallest absolute Gasteiger partial charge is 0.176 e. The molecular formula is C10H13ClO3. The predicted octanol–water partition coefficient (Wildman–Crippen LogP) is 2.29. The Bertz CT molecular complexity index is 367. The van der Waals surface area contributed by atoms with Crippen molar-refractivity contribution in [3.8, 4) is 11.5 Å². The third kappa shape index (κ3) is 1.79. The summed E-state index contributed by atoms with van der Waals surface area (Å²) in [7, 11) is 0. The quantitative estimate of drug-likeness (QED) is 0.632. The van der Waals surface area contributed by atoms with Gasteiger partial charge in [0, 0.05) is 5.56 Å². The van der Waals surface area contributed by atoms with Crippen molar-refractivity contribution in [3.05, 3.63) is 22.2 Å². The molecule has 3 nitrogen and oxygen atoms in total. The Balaban J connectivity index is 3.53. The lowest BCUT2D eigenvalue weighted by Gasteiger charge is -2.22. The van der Waals surface area contributed by atoms with Gasteiger partial charge in [0.2, 0.25) is 0 Å². The Hall–Kier alpha value is -0.930. The van der Waals surface area contributed by atoms with Gasteiger partial charge in [-0.15, -0.1) is 0 Å². The van der Waals surface area contributed by atoms with Crippen LogP contribution in [0.5, 0.6) is 11.5 Å².